The maximum atomic E-state index is 11.6. The standard InChI is InChI=1S/C13H18O3/c1-4-5-6-16-13(15)11-7-9(2)12(14)10(3)8-11/h7-8,14H,4-6H2,1-3H3. The van der Waals surface area contributed by atoms with E-state index >= 15 is 0 Å². The van der Waals surface area contributed by atoms with Crippen LogP contribution in [0.15, 0.2) is 12.1 Å². The molecule has 0 saturated heterocycles. The van der Waals surface area contributed by atoms with Gasteiger partial charge in [-0.05, 0) is 43.5 Å². The molecule has 1 N–H and O–H groups in total. The number of rotatable bonds is 4. The Morgan fingerprint density at radius 3 is 2.38 bits per heavy atom. The van der Waals surface area contributed by atoms with Crippen molar-refractivity contribution in [3.63, 3.8) is 0 Å². The lowest BCUT2D eigenvalue weighted by atomic mass is 10.1. The number of carbonyl (C=O) groups is 1. The van der Waals surface area contributed by atoms with Crippen molar-refractivity contribution >= 4 is 5.97 Å². The van der Waals surface area contributed by atoms with E-state index in [1.54, 1.807) is 26.0 Å². The summed E-state index contributed by atoms with van der Waals surface area (Å²) in [7, 11) is 0. The van der Waals surface area contributed by atoms with Gasteiger partial charge >= 0.3 is 5.97 Å². The average Bonchev–Trinajstić information content (AvgIpc) is 2.25. The van der Waals surface area contributed by atoms with Gasteiger partial charge in [0.15, 0.2) is 0 Å². The summed E-state index contributed by atoms with van der Waals surface area (Å²) in [6, 6.07) is 3.30. The predicted molar refractivity (Wildman–Crippen MR) is 62.8 cm³/mol. The Labute approximate surface area is 96.1 Å². The zero-order valence-electron chi connectivity index (χ0n) is 10.0. The van der Waals surface area contributed by atoms with Crippen LogP contribution in [-0.2, 0) is 4.74 Å². The van der Waals surface area contributed by atoms with Gasteiger partial charge in [-0.15, -0.1) is 0 Å². The van der Waals surface area contributed by atoms with E-state index in [1.165, 1.54) is 0 Å². The monoisotopic (exact) mass is 222 g/mol. The van der Waals surface area contributed by atoms with Crippen LogP contribution in [0, 0.1) is 13.8 Å². The van der Waals surface area contributed by atoms with Gasteiger partial charge in [-0.25, -0.2) is 4.79 Å². The van der Waals surface area contributed by atoms with Crippen LogP contribution in [0.1, 0.15) is 41.3 Å². The molecule has 0 aliphatic rings. The second-order valence-electron chi connectivity index (χ2n) is 3.95. The van der Waals surface area contributed by atoms with E-state index in [2.05, 4.69) is 0 Å². The van der Waals surface area contributed by atoms with Crippen molar-refractivity contribution in [3.8, 4) is 5.75 Å². The molecule has 0 aliphatic carbocycles. The van der Waals surface area contributed by atoms with Crippen molar-refractivity contribution in [2.45, 2.75) is 33.6 Å². The highest BCUT2D eigenvalue weighted by Gasteiger charge is 2.10. The third kappa shape index (κ3) is 2.99. The molecular formula is C13H18O3. The van der Waals surface area contributed by atoms with Gasteiger partial charge in [-0.2, -0.15) is 0 Å². The number of aryl methyl sites for hydroxylation is 2. The predicted octanol–water partition coefficient (Wildman–Crippen LogP) is 2.97. The van der Waals surface area contributed by atoms with Crippen molar-refractivity contribution < 1.29 is 14.6 Å². The summed E-state index contributed by atoms with van der Waals surface area (Å²) in [5, 5.41) is 9.57. The van der Waals surface area contributed by atoms with Crippen LogP contribution >= 0.6 is 0 Å². The fourth-order valence-corrected chi connectivity index (χ4v) is 1.47. The molecule has 16 heavy (non-hydrogen) atoms. The normalized spacial score (nSPS) is 10.2. The Hall–Kier alpha value is -1.51. The zero-order valence-corrected chi connectivity index (χ0v) is 10.0. The summed E-state index contributed by atoms with van der Waals surface area (Å²) in [5.41, 5.74) is 1.90. The summed E-state index contributed by atoms with van der Waals surface area (Å²) in [4.78, 5) is 11.6. The number of carbonyl (C=O) groups excluding carboxylic acids is 1. The molecule has 3 heteroatoms. The maximum absolute atomic E-state index is 11.6. The van der Waals surface area contributed by atoms with E-state index in [-0.39, 0.29) is 11.7 Å². The average molecular weight is 222 g/mol. The Morgan fingerprint density at radius 2 is 1.88 bits per heavy atom. The zero-order chi connectivity index (χ0) is 12.1. The Kier molecular flexibility index (Phi) is 4.35. The number of hydrogen-bond donors (Lipinski definition) is 1. The summed E-state index contributed by atoms with van der Waals surface area (Å²) in [6.07, 6.45) is 1.88. The summed E-state index contributed by atoms with van der Waals surface area (Å²) >= 11 is 0. The van der Waals surface area contributed by atoms with Crippen LogP contribution in [0.3, 0.4) is 0 Å². The fraction of sp³-hybridized carbons (Fsp3) is 0.462. The Bertz CT molecular complexity index is 360. The van der Waals surface area contributed by atoms with E-state index in [0.29, 0.717) is 23.3 Å². The Balaban J connectivity index is 2.76. The third-order valence-electron chi connectivity index (χ3n) is 2.46. The third-order valence-corrected chi connectivity index (χ3v) is 2.46. The van der Waals surface area contributed by atoms with Gasteiger partial charge in [0.1, 0.15) is 5.75 Å². The minimum atomic E-state index is -0.320. The second-order valence-corrected chi connectivity index (χ2v) is 3.95. The lowest BCUT2D eigenvalue weighted by molar-refractivity contribution is 0.0499. The first kappa shape index (κ1) is 12.6. The van der Waals surface area contributed by atoms with Crippen LogP contribution in [-0.4, -0.2) is 17.7 Å². The number of phenolic OH excluding ortho intramolecular Hbond substituents is 1. The molecule has 0 spiro atoms. The van der Waals surface area contributed by atoms with Gasteiger partial charge < -0.3 is 9.84 Å². The SMILES string of the molecule is CCCCOC(=O)c1cc(C)c(O)c(C)c1. The quantitative estimate of drug-likeness (QED) is 0.629. The van der Waals surface area contributed by atoms with E-state index < -0.39 is 0 Å². The number of unbranched alkanes of at least 4 members (excludes halogenated alkanes) is 1. The number of esters is 1. The maximum Gasteiger partial charge on any atom is 0.338 e. The molecule has 0 heterocycles. The molecule has 0 aromatic heterocycles. The van der Waals surface area contributed by atoms with Gasteiger partial charge in [0, 0.05) is 0 Å². The minimum absolute atomic E-state index is 0.241. The van der Waals surface area contributed by atoms with Crippen LogP contribution in [0.5, 0.6) is 5.75 Å². The molecule has 1 aromatic rings. The van der Waals surface area contributed by atoms with Crippen LogP contribution in [0.25, 0.3) is 0 Å². The van der Waals surface area contributed by atoms with Crippen molar-refractivity contribution in [1.82, 2.24) is 0 Å². The number of phenols is 1. The topological polar surface area (TPSA) is 46.5 Å². The lowest BCUT2D eigenvalue weighted by Crippen LogP contribution is -2.07. The first-order valence-electron chi connectivity index (χ1n) is 5.53. The smallest absolute Gasteiger partial charge is 0.338 e. The highest BCUT2D eigenvalue weighted by Crippen LogP contribution is 2.23. The van der Waals surface area contributed by atoms with Crippen molar-refractivity contribution in [1.29, 1.82) is 0 Å². The number of ether oxygens (including phenoxy) is 1. The highest BCUT2D eigenvalue weighted by molar-refractivity contribution is 5.90. The fourth-order valence-electron chi connectivity index (χ4n) is 1.47. The largest absolute Gasteiger partial charge is 0.507 e. The van der Waals surface area contributed by atoms with Gasteiger partial charge in [0.05, 0.1) is 12.2 Å². The van der Waals surface area contributed by atoms with E-state index in [9.17, 15) is 9.90 Å². The lowest BCUT2D eigenvalue weighted by Gasteiger charge is -2.08. The van der Waals surface area contributed by atoms with Crippen molar-refractivity contribution in [3.05, 3.63) is 28.8 Å². The number of benzene rings is 1. The molecule has 0 aliphatic heterocycles. The van der Waals surface area contributed by atoms with E-state index in [1.807, 2.05) is 6.92 Å². The van der Waals surface area contributed by atoms with E-state index in [4.69, 9.17) is 4.74 Å². The van der Waals surface area contributed by atoms with Gasteiger partial charge in [0.2, 0.25) is 0 Å². The molecule has 3 nitrogen and oxygen atoms in total. The summed E-state index contributed by atoms with van der Waals surface area (Å²) < 4.78 is 5.10. The highest BCUT2D eigenvalue weighted by atomic mass is 16.5. The summed E-state index contributed by atoms with van der Waals surface area (Å²) in [6.45, 7) is 6.04. The van der Waals surface area contributed by atoms with Crippen molar-refractivity contribution in [2.75, 3.05) is 6.61 Å². The molecule has 1 aromatic carbocycles. The number of aromatic hydroxyl groups is 1. The molecule has 1 rings (SSSR count). The first-order valence-corrected chi connectivity index (χ1v) is 5.53. The summed E-state index contributed by atoms with van der Waals surface area (Å²) in [5.74, 6) is -0.0789. The molecule has 88 valence electrons. The molecule has 0 amide bonds. The first-order chi connectivity index (χ1) is 7.56. The molecule has 0 fully saturated rings. The van der Waals surface area contributed by atoms with Gasteiger partial charge in [-0.3, -0.25) is 0 Å². The molecule has 0 radical (unpaired) electrons. The van der Waals surface area contributed by atoms with Crippen LogP contribution in [0.2, 0.25) is 0 Å². The Morgan fingerprint density at radius 1 is 1.31 bits per heavy atom. The van der Waals surface area contributed by atoms with E-state index in [0.717, 1.165) is 12.8 Å². The molecule has 0 atom stereocenters. The van der Waals surface area contributed by atoms with Crippen LogP contribution in [0.4, 0.5) is 0 Å². The molecule has 0 bridgehead atoms. The van der Waals surface area contributed by atoms with Crippen LogP contribution < -0.4 is 0 Å². The van der Waals surface area contributed by atoms with Gasteiger partial charge in [0.25, 0.3) is 0 Å². The van der Waals surface area contributed by atoms with Crippen molar-refractivity contribution in [2.24, 2.45) is 0 Å². The molecule has 0 saturated carbocycles. The van der Waals surface area contributed by atoms with Gasteiger partial charge in [-0.1, -0.05) is 13.3 Å². The molecular weight excluding hydrogens is 204 g/mol. The molecule has 0 unspecified atom stereocenters. The second kappa shape index (κ2) is 5.54. The number of hydrogen-bond acceptors (Lipinski definition) is 3. The minimum Gasteiger partial charge on any atom is -0.507 e.